The standard InChI is InChI=1S/C15H15ClOS/c1-11-6-3-4-8-13(11)18-14-9-5-7-12(10-16)15(14)17-2/h3-9H,10H2,1-2H3. The Morgan fingerprint density at radius 2 is 1.78 bits per heavy atom. The SMILES string of the molecule is COc1c(CCl)cccc1Sc1ccccc1C. The fraction of sp³-hybridized carbons (Fsp3) is 0.200. The van der Waals surface area contributed by atoms with Crippen LogP contribution in [0.5, 0.6) is 5.75 Å². The Balaban J connectivity index is 2.37. The van der Waals surface area contributed by atoms with E-state index in [9.17, 15) is 0 Å². The summed E-state index contributed by atoms with van der Waals surface area (Å²) in [5.74, 6) is 1.34. The molecule has 0 aliphatic carbocycles. The van der Waals surface area contributed by atoms with Crippen molar-refractivity contribution >= 4 is 23.4 Å². The minimum Gasteiger partial charge on any atom is -0.495 e. The van der Waals surface area contributed by atoms with Crippen molar-refractivity contribution in [3.63, 3.8) is 0 Å². The Hall–Kier alpha value is -1.12. The highest BCUT2D eigenvalue weighted by molar-refractivity contribution is 7.99. The van der Waals surface area contributed by atoms with Crippen molar-refractivity contribution in [3.05, 3.63) is 53.6 Å². The highest BCUT2D eigenvalue weighted by Crippen LogP contribution is 2.38. The van der Waals surface area contributed by atoms with Gasteiger partial charge in [-0.15, -0.1) is 11.6 Å². The lowest BCUT2D eigenvalue weighted by molar-refractivity contribution is 0.401. The molecule has 0 unspecified atom stereocenters. The maximum atomic E-state index is 5.93. The summed E-state index contributed by atoms with van der Waals surface area (Å²) < 4.78 is 5.47. The van der Waals surface area contributed by atoms with Crippen molar-refractivity contribution in [1.29, 1.82) is 0 Å². The molecule has 0 heterocycles. The number of hydrogen-bond acceptors (Lipinski definition) is 2. The number of rotatable bonds is 4. The summed E-state index contributed by atoms with van der Waals surface area (Å²) in [5, 5.41) is 0. The molecule has 0 aliphatic heterocycles. The van der Waals surface area contributed by atoms with Gasteiger partial charge in [-0.25, -0.2) is 0 Å². The lowest BCUT2D eigenvalue weighted by Crippen LogP contribution is -1.92. The number of alkyl halides is 1. The van der Waals surface area contributed by atoms with Crippen molar-refractivity contribution in [2.75, 3.05) is 7.11 Å². The van der Waals surface area contributed by atoms with Gasteiger partial charge >= 0.3 is 0 Å². The molecule has 0 fully saturated rings. The van der Waals surface area contributed by atoms with Gasteiger partial charge in [0.1, 0.15) is 5.75 Å². The first-order chi connectivity index (χ1) is 8.76. The lowest BCUT2D eigenvalue weighted by atomic mass is 10.2. The van der Waals surface area contributed by atoms with Crippen LogP contribution >= 0.6 is 23.4 Å². The molecule has 18 heavy (non-hydrogen) atoms. The number of para-hydroxylation sites is 1. The Bertz CT molecular complexity index is 540. The first-order valence-corrected chi connectivity index (χ1v) is 7.06. The molecule has 0 aromatic heterocycles. The number of ether oxygens (including phenoxy) is 1. The van der Waals surface area contributed by atoms with Gasteiger partial charge in [0.2, 0.25) is 0 Å². The largest absolute Gasteiger partial charge is 0.495 e. The Morgan fingerprint density at radius 3 is 2.44 bits per heavy atom. The van der Waals surface area contributed by atoms with Crippen molar-refractivity contribution < 1.29 is 4.74 Å². The fourth-order valence-electron chi connectivity index (χ4n) is 1.77. The minimum atomic E-state index is 0.464. The van der Waals surface area contributed by atoms with Gasteiger partial charge in [0, 0.05) is 10.5 Å². The van der Waals surface area contributed by atoms with Gasteiger partial charge in [0.05, 0.1) is 17.9 Å². The van der Waals surface area contributed by atoms with Gasteiger partial charge in [-0.3, -0.25) is 0 Å². The van der Waals surface area contributed by atoms with Crippen LogP contribution < -0.4 is 4.74 Å². The van der Waals surface area contributed by atoms with Crippen molar-refractivity contribution in [3.8, 4) is 5.75 Å². The molecule has 0 N–H and O–H groups in total. The van der Waals surface area contributed by atoms with E-state index in [2.05, 4.69) is 25.1 Å². The van der Waals surface area contributed by atoms with Gasteiger partial charge < -0.3 is 4.74 Å². The molecule has 0 bridgehead atoms. The molecule has 0 atom stereocenters. The molecule has 0 saturated carbocycles. The van der Waals surface area contributed by atoms with Gasteiger partial charge in [-0.1, -0.05) is 42.1 Å². The van der Waals surface area contributed by atoms with Crippen molar-refractivity contribution in [2.45, 2.75) is 22.6 Å². The number of aryl methyl sites for hydroxylation is 1. The molecule has 94 valence electrons. The van der Waals surface area contributed by atoms with Crippen LogP contribution in [0.25, 0.3) is 0 Å². The third-order valence-corrected chi connectivity index (χ3v) is 4.23. The molecule has 0 radical (unpaired) electrons. The van der Waals surface area contributed by atoms with E-state index in [0.29, 0.717) is 5.88 Å². The molecule has 0 spiro atoms. The zero-order valence-electron chi connectivity index (χ0n) is 10.4. The van der Waals surface area contributed by atoms with E-state index in [1.807, 2.05) is 24.3 Å². The summed E-state index contributed by atoms with van der Waals surface area (Å²) in [6, 6.07) is 14.4. The van der Waals surface area contributed by atoms with Crippen LogP contribution in [0.2, 0.25) is 0 Å². The van der Waals surface area contributed by atoms with Crippen LogP contribution in [0.1, 0.15) is 11.1 Å². The number of benzene rings is 2. The molecular weight excluding hydrogens is 264 g/mol. The van der Waals surface area contributed by atoms with Gasteiger partial charge in [0.25, 0.3) is 0 Å². The van der Waals surface area contributed by atoms with Crippen LogP contribution in [0.15, 0.2) is 52.3 Å². The maximum absolute atomic E-state index is 5.93. The second-order valence-corrected chi connectivity index (χ2v) is 5.30. The van der Waals surface area contributed by atoms with Crippen LogP contribution in [0.4, 0.5) is 0 Å². The van der Waals surface area contributed by atoms with Crippen LogP contribution in [0, 0.1) is 6.92 Å². The number of hydrogen-bond donors (Lipinski definition) is 0. The molecule has 0 saturated heterocycles. The average Bonchev–Trinajstić information content (AvgIpc) is 2.41. The Kier molecular flexibility index (Phi) is 4.56. The second kappa shape index (κ2) is 6.17. The number of methoxy groups -OCH3 is 1. The third kappa shape index (κ3) is 2.82. The summed E-state index contributed by atoms with van der Waals surface area (Å²) in [6.07, 6.45) is 0. The zero-order valence-corrected chi connectivity index (χ0v) is 12.0. The molecule has 3 heteroatoms. The summed E-state index contributed by atoms with van der Waals surface area (Å²) in [4.78, 5) is 2.34. The predicted molar refractivity (Wildman–Crippen MR) is 77.9 cm³/mol. The van der Waals surface area contributed by atoms with Gasteiger partial charge in [0.15, 0.2) is 0 Å². The number of halogens is 1. The van der Waals surface area contributed by atoms with Crippen LogP contribution in [-0.2, 0) is 5.88 Å². The van der Waals surface area contributed by atoms with Crippen molar-refractivity contribution in [2.24, 2.45) is 0 Å². The summed E-state index contributed by atoms with van der Waals surface area (Å²) in [5.41, 5.74) is 2.29. The minimum absolute atomic E-state index is 0.464. The monoisotopic (exact) mass is 278 g/mol. The highest BCUT2D eigenvalue weighted by atomic mass is 35.5. The van der Waals surface area contributed by atoms with Crippen molar-refractivity contribution in [1.82, 2.24) is 0 Å². The fourth-order valence-corrected chi connectivity index (χ4v) is 3.04. The Labute approximate surface area is 117 Å². The van der Waals surface area contributed by atoms with Crippen LogP contribution in [-0.4, -0.2) is 7.11 Å². The van der Waals surface area contributed by atoms with E-state index in [4.69, 9.17) is 16.3 Å². The molecule has 2 rings (SSSR count). The molecule has 2 aromatic rings. The van der Waals surface area contributed by atoms with E-state index < -0.39 is 0 Å². The van der Waals surface area contributed by atoms with E-state index in [0.717, 1.165) is 16.2 Å². The van der Waals surface area contributed by atoms with E-state index in [1.54, 1.807) is 18.9 Å². The smallest absolute Gasteiger partial charge is 0.137 e. The van der Waals surface area contributed by atoms with E-state index in [1.165, 1.54) is 10.5 Å². The lowest BCUT2D eigenvalue weighted by Gasteiger charge is -2.12. The molecule has 0 aliphatic rings. The predicted octanol–water partition coefficient (Wildman–Crippen LogP) is 4.89. The summed E-state index contributed by atoms with van der Waals surface area (Å²) in [7, 11) is 1.69. The maximum Gasteiger partial charge on any atom is 0.137 e. The topological polar surface area (TPSA) is 9.23 Å². The highest BCUT2D eigenvalue weighted by Gasteiger charge is 2.10. The third-order valence-electron chi connectivity index (χ3n) is 2.72. The Morgan fingerprint density at radius 1 is 1.06 bits per heavy atom. The molecular formula is C15H15ClOS. The normalized spacial score (nSPS) is 10.4. The summed E-state index contributed by atoms with van der Waals surface area (Å²) in [6.45, 7) is 2.11. The second-order valence-electron chi connectivity index (χ2n) is 3.95. The van der Waals surface area contributed by atoms with E-state index in [-0.39, 0.29) is 0 Å². The van der Waals surface area contributed by atoms with Crippen LogP contribution in [0.3, 0.4) is 0 Å². The van der Waals surface area contributed by atoms with Gasteiger partial charge in [-0.2, -0.15) is 0 Å². The first kappa shape index (κ1) is 13.3. The quantitative estimate of drug-likeness (QED) is 0.736. The molecule has 1 nitrogen and oxygen atoms in total. The molecule has 0 amide bonds. The van der Waals surface area contributed by atoms with Gasteiger partial charge in [-0.05, 0) is 24.6 Å². The summed E-state index contributed by atoms with van der Waals surface area (Å²) >= 11 is 7.64. The average molecular weight is 279 g/mol. The zero-order chi connectivity index (χ0) is 13.0. The van der Waals surface area contributed by atoms with E-state index >= 15 is 0 Å². The molecule has 2 aromatic carbocycles. The first-order valence-electron chi connectivity index (χ1n) is 5.71.